The first-order valence-corrected chi connectivity index (χ1v) is 10.4. The number of hydrogen-bond donors (Lipinski definition) is 0. The normalized spacial score (nSPS) is 21.4. The molecule has 0 unspecified atom stereocenters. The first kappa shape index (κ1) is 18.8. The lowest BCUT2D eigenvalue weighted by Gasteiger charge is -2.40. The molecule has 1 aliphatic heterocycles. The highest BCUT2D eigenvalue weighted by Crippen LogP contribution is 2.32. The van der Waals surface area contributed by atoms with E-state index in [1.807, 2.05) is 49.4 Å². The minimum atomic E-state index is -3.36. The second-order valence-corrected chi connectivity index (χ2v) is 8.21. The monoisotopic (exact) mass is 376 g/mol. The number of nitrogens with zero attached hydrogens (tertiary/aromatic N) is 2. The molecule has 2 heterocycles. The Morgan fingerprint density at radius 1 is 1.19 bits per heavy atom. The lowest BCUT2D eigenvalue weighted by molar-refractivity contribution is -0.0622. The lowest BCUT2D eigenvalue weighted by atomic mass is 10.0. The number of sulfonamides is 1. The molecule has 6 nitrogen and oxygen atoms in total. The Hall–Kier alpha value is -1.96. The summed E-state index contributed by atoms with van der Waals surface area (Å²) in [5, 5.41) is 0. The largest absolute Gasteiger partial charge is 0.475 e. The first-order chi connectivity index (χ1) is 12.6. The van der Waals surface area contributed by atoms with Crippen LogP contribution in [0.1, 0.15) is 24.9 Å². The minimum Gasteiger partial charge on any atom is -0.475 e. The summed E-state index contributed by atoms with van der Waals surface area (Å²) in [4.78, 5) is 4.15. The van der Waals surface area contributed by atoms with E-state index in [1.165, 1.54) is 0 Å². The van der Waals surface area contributed by atoms with E-state index in [0.29, 0.717) is 25.5 Å². The molecule has 1 saturated heterocycles. The highest BCUT2D eigenvalue weighted by atomic mass is 32.2. The Morgan fingerprint density at radius 3 is 2.65 bits per heavy atom. The van der Waals surface area contributed by atoms with Gasteiger partial charge in [0.05, 0.1) is 18.4 Å². The van der Waals surface area contributed by atoms with Crippen molar-refractivity contribution in [1.82, 2.24) is 9.29 Å². The topological polar surface area (TPSA) is 68.7 Å². The van der Waals surface area contributed by atoms with Gasteiger partial charge < -0.3 is 9.47 Å². The van der Waals surface area contributed by atoms with E-state index in [1.54, 1.807) is 16.6 Å². The van der Waals surface area contributed by atoms with Crippen LogP contribution in [0.25, 0.3) is 0 Å². The van der Waals surface area contributed by atoms with Crippen molar-refractivity contribution in [2.45, 2.75) is 25.5 Å². The van der Waals surface area contributed by atoms with Gasteiger partial charge in [-0.05, 0) is 18.1 Å². The minimum absolute atomic E-state index is 0.129. The molecule has 1 aliphatic rings. The molecule has 1 aromatic heterocycles. The number of pyridine rings is 1. The SMILES string of the molecule is CCCS(=O)(=O)N1CCO[C@@H](COc2ccccn2)[C@@H]1c1ccccc1. The molecule has 0 amide bonds. The molecule has 2 aromatic rings. The predicted octanol–water partition coefficient (Wildman–Crippen LogP) is 2.64. The van der Waals surface area contributed by atoms with E-state index in [4.69, 9.17) is 9.47 Å². The molecule has 3 rings (SSSR count). The van der Waals surface area contributed by atoms with E-state index in [-0.39, 0.29) is 12.4 Å². The maximum absolute atomic E-state index is 12.8. The molecule has 0 bridgehead atoms. The number of hydrogen-bond acceptors (Lipinski definition) is 5. The van der Waals surface area contributed by atoms with Crippen LogP contribution in [0.4, 0.5) is 0 Å². The summed E-state index contributed by atoms with van der Waals surface area (Å²) >= 11 is 0. The van der Waals surface area contributed by atoms with Gasteiger partial charge in [0.1, 0.15) is 12.7 Å². The lowest BCUT2D eigenvalue weighted by Crippen LogP contribution is -2.50. The molecule has 140 valence electrons. The van der Waals surface area contributed by atoms with E-state index in [9.17, 15) is 8.42 Å². The van der Waals surface area contributed by atoms with Gasteiger partial charge in [0, 0.05) is 18.8 Å². The van der Waals surface area contributed by atoms with Crippen molar-refractivity contribution >= 4 is 10.0 Å². The molecule has 0 aliphatic carbocycles. The maximum Gasteiger partial charge on any atom is 0.214 e. The third-order valence-electron chi connectivity index (χ3n) is 4.30. The average Bonchev–Trinajstić information content (AvgIpc) is 2.67. The molecular weight excluding hydrogens is 352 g/mol. The summed E-state index contributed by atoms with van der Waals surface area (Å²) in [6.45, 7) is 2.80. The summed E-state index contributed by atoms with van der Waals surface area (Å²) in [5.74, 6) is 0.626. The molecule has 1 fully saturated rings. The Labute approximate surface area is 154 Å². The van der Waals surface area contributed by atoms with E-state index >= 15 is 0 Å². The Kier molecular flexibility index (Phi) is 6.24. The van der Waals surface area contributed by atoms with E-state index in [0.717, 1.165) is 5.56 Å². The van der Waals surface area contributed by atoms with Crippen LogP contribution in [-0.2, 0) is 14.8 Å². The number of aromatic nitrogens is 1. The number of ether oxygens (including phenoxy) is 2. The highest BCUT2D eigenvalue weighted by molar-refractivity contribution is 7.89. The smallest absolute Gasteiger partial charge is 0.214 e. The van der Waals surface area contributed by atoms with E-state index < -0.39 is 22.2 Å². The molecule has 0 saturated carbocycles. The van der Waals surface area contributed by atoms with Gasteiger partial charge >= 0.3 is 0 Å². The second-order valence-electron chi connectivity index (χ2n) is 6.17. The van der Waals surface area contributed by atoms with Gasteiger partial charge in [-0.15, -0.1) is 0 Å². The predicted molar refractivity (Wildman–Crippen MR) is 99.4 cm³/mol. The molecule has 0 radical (unpaired) electrons. The zero-order valence-corrected chi connectivity index (χ0v) is 15.6. The molecule has 7 heteroatoms. The van der Waals surface area contributed by atoms with Gasteiger partial charge in [0.25, 0.3) is 0 Å². The van der Waals surface area contributed by atoms with Crippen molar-refractivity contribution in [2.75, 3.05) is 25.5 Å². The standard InChI is InChI=1S/C19H24N2O4S/c1-2-14-26(22,23)21-12-13-24-17(15-25-18-10-6-7-11-20-18)19(21)16-8-4-3-5-9-16/h3-11,17,19H,2,12-15H2,1H3/t17-,19-/m0/s1. The fourth-order valence-electron chi connectivity index (χ4n) is 3.17. The van der Waals surface area contributed by atoms with Gasteiger partial charge in [-0.2, -0.15) is 4.31 Å². The number of benzene rings is 1. The van der Waals surface area contributed by atoms with Crippen LogP contribution in [0.2, 0.25) is 0 Å². The van der Waals surface area contributed by atoms with Crippen LogP contribution < -0.4 is 4.74 Å². The summed E-state index contributed by atoms with van der Waals surface area (Å²) in [7, 11) is -3.36. The van der Waals surface area contributed by atoms with Crippen molar-refractivity contribution in [3.63, 3.8) is 0 Å². The van der Waals surface area contributed by atoms with Gasteiger partial charge in [-0.1, -0.05) is 43.3 Å². The zero-order valence-electron chi connectivity index (χ0n) is 14.8. The van der Waals surface area contributed by atoms with Crippen LogP contribution >= 0.6 is 0 Å². The molecule has 1 aromatic carbocycles. The Bertz CT molecular complexity index is 784. The number of rotatable bonds is 7. The summed E-state index contributed by atoms with van der Waals surface area (Å²) in [6.07, 6.45) is 1.83. The summed E-state index contributed by atoms with van der Waals surface area (Å²) < 4.78 is 38.9. The van der Waals surface area contributed by atoms with E-state index in [2.05, 4.69) is 4.98 Å². The van der Waals surface area contributed by atoms with Crippen molar-refractivity contribution in [1.29, 1.82) is 0 Å². The Balaban J connectivity index is 1.86. The van der Waals surface area contributed by atoms with Crippen molar-refractivity contribution < 1.29 is 17.9 Å². The maximum atomic E-state index is 12.8. The summed E-state index contributed by atoms with van der Waals surface area (Å²) in [6, 6.07) is 14.6. The fraction of sp³-hybridized carbons (Fsp3) is 0.421. The average molecular weight is 376 g/mol. The van der Waals surface area contributed by atoms with Crippen molar-refractivity contribution in [3.8, 4) is 5.88 Å². The Morgan fingerprint density at radius 2 is 1.96 bits per heavy atom. The van der Waals surface area contributed by atoms with Crippen LogP contribution in [0, 0.1) is 0 Å². The molecule has 2 atom stereocenters. The number of morpholine rings is 1. The van der Waals surface area contributed by atoms with Crippen molar-refractivity contribution in [2.24, 2.45) is 0 Å². The van der Waals surface area contributed by atoms with Crippen LogP contribution in [0.15, 0.2) is 54.7 Å². The fourth-order valence-corrected chi connectivity index (χ4v) is 4.87. The van der Waals surface area contributed by atoms with Crippen LogP contribution in [0.5, 0.6) is 5.88 Å². The van der Waals surface area contributed by atoms with Gasteiger partial charge in [-0.25, -0.2) is 13.4 Å². The third kappa shape index (κ3) is 4.41. The molecule has 26 heavy (non-hydrogen) atoms. The zero-order chi connectivity index (χ0) is 18.4. The van der Waals surface area contributed by atoms with Gasteiger partial charge in [0.15, 0.2) is 0 Å². The van der Waals surface area contributed by atoms with Crippen LogP contribution in [-0.4, -0.2) is 49.3 Å². The third-order valence-corrected chi connectivity index (χ3v) is 6.35. The first-order valence-electron chi connectivity index (χ1n) is 8.81. The van der Waals surface area contributed by atoms with Crippen LogP contribution in [0.3, 0.4) is 0 Å². The van der Waals surface area contributed by atoms with Gasteiger partial charge in [-0.3, -0.25) is 0 Å². The highest BCUT2D eigenvalue weighted by Gasteiger charge is 2.40. The quantitative estimate of drug-likeness (QED) is 0.743. The summed E-state index contributed by atoms with van der Waals surface area (Å²) in [5.41, 5.74) is 0.904. The molecular formula is C19H24N2O4S. The van der Waals surface area contributed by atoms with Crippen molar-refractivity contribution in [3.05, 3.63) is 60.3 Å². The molecule has 0 N–H and O–H groups in total. The second kappa shape index (κ2) is 8.62. The molecule has 0 spiro atoms. The van der Waals surface area contributed by atoms with Gasteiger partial charge in [0.2, 0.25) is 15.9 Å².